The Morgan fingerprint density at radius 2 is 1.70 bits per heavy atom. The molecule has 0 saturated heterocycles. The predicted octanol–water partition coefficient (Wildman–Crippen LogP) is 5.56. The third kappa shape index (κ3) is 5.29. The van der Waals surface area contributed by atoms with Gasteiger partial charge in [-0.05, 0) is 88.4 Å². The summed E-state index contributed by atoms with van der Waals surface area (Å²) in [5.74, 6) is 2.00. The molecule has 7 atom stereocenters. The lowest BCUT2D eigenvalue weighted by Crippen LogP contribution is -2.35. The Morgan fingerprint density at radius 3 is 2.33 bits per heavy atom. The van der Waals surface area contributed by atoms with Gasteiger partial charge in [0.25, 0.3) is 0 Å². The number of hydrogen-bond acceptors (Lipinski definition) is 3. The normalized spacial score (nSPS) is 38.7. The van der Waals surface area contributed by atoms with Crippen molar-refractivity contribution >= 4 is 0 Å². The lowest BCUT2D eigenvalue weighted by atomic mass is 9.61. The molecule has 0 bridgehead atoms. The van der Waals surface area contributed by atoms with Gasteiger partial charge in [-0.25, -0.2) is 0 Å². The zero-order valence-electron chi connectivity index (χ0n) is 19.8. The van der Waals surface area contributed by atoms with E-state index in [1.165, 1.54) is 37.7 Å². The Labute approximate surface area is 184 Å². The van der Waals surface area contributed by atoms with Crippen LogP contribution in [0.15, 0.2) is 35.5 Å². The van der Waals surface area contributed by atoms with Gasteiger partial charge >= 0.3 is 0 Å². The molecule has 3 rings (SSSR count). The van der Waals surface area contributed by atoms with E-state index in [0.717, 1.165) is 0 Å². The van der Waals surface area contributed by atoms with E-state index in [-0.39, 0.29) is 5.92 Å². The maximum absolute atomic E-state index is 10.2. The maximum atomic E-state index is 10.2. The molecule has 3 saturated carbocycles. The van der Waals surface area contributed by atoms with Gasteiger partial charge in [0.15, 0.2) is 0 Å². The molecule has 0 unspecified atom stereocenters. The molecule has 3 N–H and O–H groups in total. The van der Waals surface area contributed by atoms with E-state index < -0.39 is 17.8 Å². The van der Waals surface area contributed by atoms with E-state index in [1.54, 1.807) is 5.57 Å². The van der Waals surface area contributed by atoms with Gasteiger partial charge in [0.2, 0.25) is 0 Å². The van der Waals surface area contributed by atoms with Gasteiger partial charge in [-0.15, -0.1) is 0 Å². The first-order valence-electron chi connectivity index (χ1n) is 12.2. The van der Waals surface area contributed by atoms with Crippen LogP contribution in [-0.4, -0.2) is 33.1 Å². The third-order valence-electron chi connectivity index (χ3n) is 8.56. The SMILES string of the molecule is C[C@H](C=C[C@@H](C)C(C)(C)O)[C@H]1CC[C@H]2C(=CC=C3C[C@@H](O)C[C@H](O)C3)CCC[C@]12C. The van der Waals surface area contributed by atoms with E-state index in [4.69, 9.17) is 0 Å². The minimum absolute atomic E-state index is 0.152. The van der Waals surface area contributed by atoms with Gasteiger partial charge in [0.1, 0.15) is 0 Å². The molecule has 0 aromatic rings. The van der Waals surface area contributed by atoms with Gasteiger partial charge in [0.05, 0.1) is 17.8 Å². The second kappa shape index (κ2) is 9.30. The Balaban J connectivity index is 1.73. The molecular formula is C27H44O3. The first-order chi connectivity index (χ1) is 14.0. The zero-order valence-corrected chi connectivity index (χ0v) is 19.8. The minimum atomic E-state index is -0.674. The van der Waals surface area contributed by atoms with Crippen LogP contribution < -0.4 is 0 Å². The third-order valence-corrected chi connectivity index (χ3v) is 8.56. The van der Waals surface area contributed by atoms with Crippen molar-refractivity contribution in [3.63, 3.8) is 0 Å². The summed E-state index contributed by atoms with van der Waals surface area (Å²) in [5.41, 5.74) is 2.43. The first kappa shape index (κ1) is 23.8. The Kier molecular flexibility index (Phi) is 7.37. The summed E-state index contributed by atoms with van der Waals surface area (Å²) in [6, 6.07) is 0. The van der Waals surface area contributed by atoms with Crippen LogP contribution in [0.1, 0.15) is 86.0 Å². The van der Waals surface area contributed by atoms with Crippen LogP contribution in [0.4, 0.5) is 0 Å². The summed E-state index contributed by atoms with van der Waals surface area (Å²) < 4.78 is 0. The second-order valence-electron chi connectivity index (χ2n) is 11.3. The highest BCUT2D eigenvalue weighted by Gasteiger charge is 2.50. The van der Waals surface area contributed by atoms with Crippen molar-refractivity contribution in [3.05, 3.63) is 35.5 Å². The largest absolute Gasteiger partial charge is 0.393 e. The second-order valence-corrected chi connectivity index (χ2v) is 11.3. The van der Waals surface area contributed by atoms with E-state index in [2.05, 4.69) is 45.1 Å². The van der Waals surface area contributed by atoms with Crippen LogP contribution in [-0.2, 0) is 0 Å². The van der Waals surface area contributed by atoms with Crippen molar-refractivity contribution < 1.29 is 15.3 Å². The van der Waals surface area contributed by atoms with Crippen LogP contribution in [0.2, 0.25) is 0 Å². The molecule has 0 radical (unpaired) electrons. The minimum Gasteiger partial charge on any atom is -0.393 e. The van der Waals surface area contributed by atoms with Gasteiger partial charge in [0, 0.05) is 5.92 Å². The Hall–Kier alpha value is -0.900. The molecule has 0 aromatic carbocycles. The molecule has 3 fully saturated rings. The Morgan fingerprint density at radius 1 is 1.03 bits per heavy atom. The molecule has 0 heterocycles. The summed E-state index contributed by atoms with van der Waals surface area (Å²) in [4.78, 5) is 0. The topological polar surface area (TPSA) is 60.7 Å². The van der Waals surface area contributed by atoms with Crippen molar-refractivity contribution in [3.8, 4) is 0 Å². The fourth-order valence-electron chi connectivity index (χ4n) is 6.39. The number of aliphatic hydroxyl groups excluding tert-OH is 2. The highest BCUT2D eigenvalue weighted by molar-refractivity contribution is 5.26. The van der Waals surface area contributed by atoms with Gasteiger partial charge < -0.3 is 15.3 Å². The maximum Gasteiger partial charge on any atom is 0.0651 e. The summed E-state index contributed by atoms with van der Waals surface area (Å²) >= 11 is 0. The number of hydrogen-bond donors (Lipinski definition) is 3. The Bertz CT molecular complexity index is 671. The summed E-state index contributed by atoms with van der Waals surface area (Å²) in [7, 11) is 0. The van der Waals surface area contributed by atoms with Crippen LogP contribution in [0.5, 0.6) is 0 Å². The van der Waals surface area contributed by atoms with E-state index in [1.807, 2.05) is 13.8 Å². The lowest BCUT2D eigenvalue weighted by molar-refractivity contribution is 0.0436. The standard InChI is InChI=1S/C27H44O3/c1-18(8-9-19(2)26(3,4)30)24-12-13-25-21(7-6-14-27(24,25)5)11-10-20-15-22(28)17-23(29)16-20/h8-11,18-19,22-25,28-30H,6-7,12-17H2,1-5H3/t18-,19-,22-,23-,24-,25+,27-/m1/s1. The highest BCUT2D eigenvalue weighted by atomic mass is 16.3. The van der Waals surface area contributed by atoms with Crippen LogP contribution in [0, 0.1) is 29.1 Å². The molecule has 0 aliphatic heterocycles. The average molecular weight is 417 g/mol. The number of allylic oxidation sites excluding steroid dienone is 4. The quantitative estimate of drug-likeness (QED) is 0.514. The smallest absolute Gasteiger partial charge is 0.0651 e. The lowest BCUT2D eigenvalue weighted by Gasteiger charge is -2.44. The first-order valence-corrected chi connectivity index (χ1v) is 12.2. The fourth-order valence-corrected chi connectivity index (χ4v) is 6.39. The number of aliphatic hydroxyl groups is 3. The molecule has 3 heteroatoms. The summed E-state index contributed by atoms with van der Waals surface area (Å²) in [5, 5.41) is 30.2. The van der Waals surface area contributed by atoms with Crippen molar-refractivity contribution in [1.82, 2.24) is 0 Å². The highest BCUT2D eigenvalue weighted by Crippen LogP contribution is 2.59. The van der Waals surface area contributed by atoms with Crippen LogP contribution in [0.25, 0.3) is 0 Å². The summed E-state index contributed by atoms with van der Waals surface area (Å²) in [6.45, 7) is 10.7. The number of rotatable bonds is 5. The molecule has 0 aromatic heterocycles. The number of fused-ring (bicyclic) bond motifs is 1. The van der Waals surface area contributed by atoms with E-state index >= 15 is 0 Å². The van der Waals surface area contributed by atoms with Crippen LogP contribution in [0.3, 0.4) is 0 Å². The van der Waals surface area contributed by atoms with Crippen molar-refractivity contribution in [2.75, 3.05) is 0 Å². The fraction of sp³-hybridized carbons (Fsp3) is 0.778. The molecule has 30 heavy (non-hydrogen) atoms. The molecular weight excluding hydrogens is 372 g/mol. The van der Waals surface area contributed by atoms with Crippen molar-refractivity contribution in [2.45, 2.75) is 104 Å². The molecule has 0 amide bonds. The van der Waals surface area contributed by atoms with Gasteiger partial charge in [-0.1, -0.05) is 56.2 Å². The predicted molar refractivity (Wildman–Crippen MR) is 124 cm³/mol. The molecule has 0 spiro atoms. The van der Waals surface area contributed by atoms with E-state index in [9.17, 15) is 15.3 Å². The van der Waals surface area contributed by atoms with Crippen molar-refractivity contribution in [1.29, 1.82) is 0 Å². The van der Waals surface area contributed by atoms with Gasteiger partial charge in [-0.2, -0.15) is 0 Å². The van der Waals surface area contributed by atoms with Crippen molar-refractivity contribution in [2.24, 2.45) is 29.1 Å². The van der Waals surface area contributed by atoms with Crippen LogP contribution >= 0.6 is 0 Å². The van der Waals surface area contributed by atoms with E-state index in [0.29, 0.717) is 42.4 Å². The summed E-state index contributed by atoms with van der Waals surface area (Å²) in [6.07, 6.45) is 16.5. The monoisotopic (exact) mass is 416 g/mol. The molecule has 170 valence electrons. The molecule has 3 aliphatic rings. The average Bonchev–Trinajstić information content (AvgIpc) is 3.00. The molecule has 3 aliphatic carbocycles. The molecule has 3 nitrogen and oxygen atoms in total. The zero-order chi connectivity index (χ0) is 22.1. The van der Waals surface area contributed by atoms with Gasteiger partial charge in [-0.3, -0.25) is 0 Å².